The number of carbonyl (C=O) groups excluding carboxylic acids is 1. The molecular formula is C18H35N3O. The van der Waals surface area contributed by atoms with Crippen molar-refractivity contribution in [1.82, 2.24) is 15.3 Å². The minimum absolute atomic E-state index is 0.298. The summed E-state index contributed by atoms with van der Waals surface area (Å²) in [5.74, 6) is 1.24. The van der Waals surface area contributed by atoms with Gasteiger partial charge in [0.15, 0.2) is 0 Å². The Hall–Kier alpha value is -0.450. The molecule has 1 N–H and O–H groups in total. The summed E-state index contributed by atoms with van der Waals surface area (Å²) in [7, 11) is 2.02. The molecule has 22 heavy (non-hydrogen) atoms. The fourth-order valence-electron chi connectivity index (χ4n) is 4.21. The maximum absolute atomic E-state index is 11.9. The number of rotatable bonds is 8. The molecule has 0 bridgehead atoms. The second-order valence-electron chi connectivity index (χ2n) is 7.19. The predicted molar refractivity (Wildman–Crippen MR) is 91.7 cm³/mol. The smallest absolute Gasteiger partial charge is 0.133 e. The molecule has 128 valence electrons. The van der Waals surface area contributed by atoms with Crippen LogP contribution in [0.5, 0.6) is 0 Å². The van der Waals surface area contributed by atoms with Gasteiger partial charge in [-0.05, 0) is 71.6 Å². The molecule has 1 heterocycles. The summed E-state index contributed by atoms with van der Waals surface area (Å²) in [5.41, 5.74) is 3.35. The number of likely N-dealkylation sites (tertiary alicyclic amines) is 1. The SMILES string of the molecule is CNN(CCCN1CCCCC1)CC1CCCCC1C(C)=O. The number of piperidine rings is 1. The Morgan fingerprint density at radius 1 is 1.14 bits per heavy atom. The molecule has 0 spiro atoms. The maximum atomic E-state index is 11.9. The number of hydrazine groups is 1. The highest BCUT2D eigenvalue weighted by Gasteiger charge is 2.29. The molecule has 2 fully saturated rings. The molecule has 2 rings (SSSR count). The highest BCUT2D eigenvalue weighted by Crippen LogP contribution is 2.31. The number of nitrogens with zero attached hydrogens (tertiary/aromatic N) is 2. The van der Waals surface area contributed by atoms with Gasteiger partial charge in [-0.3, -0.25) is 10.2 Å². The number of Topliss-reactive ketones (excluding diaryl/α,β-unsaturated/α-hetero) is 1. The third kappa shape index (κ3) is 5.64. The van der Waals surface area contributed by atoms with Gasteiger partial charge in [0.05, 0.1) is 0 Å². The van der Waals surface area contributed by atoms with E-state index in [1.165, 1.54) is 64.6 Å². The number of nitrogens with one attached hydrogen (secondary N) is 1. The Bertz CT molecular complexity index is 328. The van der Waals surface area contributed by atoms with Crippen LogP contribution in [0, 0.1) is 11.8 Å². The zero-order valence-corrected chi connectivity index (χ0v) is 14.6. The van der Waals surface area contributed by atoms with Crippen molar-refractivity contribution in [2.45, 2.75) is 58.3 Å². The summed E-state index contributed by atoms with van der Waals surface area (Å²) in [6, 6.07) is 0. The summed E-state index contributed by atoms with van der Waals surface area (Å²) < 4.78 is 0. The Morgan fingerprint density at radius 2 is 1.86 bits per heavy atom. The van der Waals surface area contributed by atoms with Crippen molar-refractivity contribution in [2.24, 2.45) is 11.8 Å². The van der Waals surface area contributed by atoms with Crippen molar-refractivity contribution in [2.75, 3.05) is 39.8 Å². The van der Waals surface area contributed by atoms with E-state index in [2.05, 4.69) is 15.3 Å². The Kier molecular flexibility index (Phi) is 7.84. The molecule has 0 amide bonds. The molecule has 0 aromatic heterocycles. The molecule has 4 heteroatoms. The van der Waals surface area contributed by atoms with Crippen molar-refractivity contribution >= 4 is 5.78 Å². The Labute approximate surface area is 136 Å². The van der Waals surface area contributed by atoms with Crippen molar-refractivity contribution in [1.29, 1.82) is 0 Å². The quantitative estimate of drug-likeness (QED) is 0.699. The van der Waals surface area contributed by atoms with E-state index in [1.54, 1.807) is 6.92 Å². The Balaban J connectivity index is 1.72. The summed E-state index contributed by atoms with van der Waals surface area (Å²) in [6.07, 6.45) is 10.2. The third-order valence-electron chi connectivity index (χ3n) is 5.55. The van der Waals surface area contributed by atoms with E-state index in [-0.39, 0.29) is 0 Å². The van der Waals surface area contributed by atoms with Gasteiger partial charge >= 0.3 is 0 Å². The fourth-order valence-corrected chi connectivity index (χ4v) is 4.21. The van der Waals surface area contributed by atoms with E-state index in [0.29, 0.717) is 17.6 Å². The van der Waals surface area contributed by atoms with Crippen LogP contribution < -0.4 is 5.43 Å². The molecule has 1 aliphatic heterocycles. The van der Waals surface area contributed by atoms with Gasteiger partial charge in [0.1, 0.15) is 5.78 Å². The topological polar surface area (TPSA) is 35.6 Å². The second-order valence-corrected chi connectivity index (χ2v) is 7.19. The molecular weight excluding hydrogens is 274 g/mol. The first kappa shape index (κ1) is 17.9. The predicted octanol–water partition coefficient (Wildman–Crippen LogP) is 2.69. The number of carbonyl (C=O) groups is 1. The number of ketones is 1. The van der Waals surface area contributed by atoms with Gasteiger partial charge in [-0.1, -0.05) is 19.3 Å². The normalized spacial score (nSPS) is 27.2. The van der Waals surface area contributed by atoms with Crippen LogP contribution >= 0.6 is 0 Å². The van der Waals surface area contributed by atoms with Crippen molar-refractivity contribution in [3.05, 3.63) is 0 Å². The molecule has 0 aromatic carbocycles. The van der Waals surface area contributed by atoms with Gasteiger partial charge in [-0.15, -0.1) is 0 Å². The molecule has 1 saturated heterocycles. The van der Waals surface area contributed by atoms with Crippen LogP contribution in [-0.4, -0.2) is 55.5 Å². The van der Waals surface area contributed by atoms with Crippen molar-refractivity contribution in [3.8, 4) is 0 Å². The van der Waals surface area contributed by atoms with Crippen molar-refractivity contribution < 1.29 is 4.79 Å². The van der Waals surface area contributed by atoms with E-state index in [4.69, 9.17) is 0 Å². The van der Waals surface area contributed by atoms with E-state index in [1.807, 2.05) is 7.05 Å². The zero-order chi connectivity index (χ0) is 15.8. The number of hydrogen-bond acceptors (Lipinski definition) is 4. The van der Waals surface area contributed by atoms with Gasteiger partial charge < -0.3 is 4.90 Å². The minimum atomic E-state index is 0.298. The largest absolute Gasteiger partial charge is 0.303 e. The van der Waals surface area contributed by atoms with Crippen LogP contribution in [0.25, 0.3) is 0 Å². The lowest BCUT2D eigenvalue weighted by molar-refractivity contribution is -0.123. The van der Waals surface area contributed by atoms with Crippen LogP contribution in [0.3, 0.4) is 0 Å². The highest BCUT2D eigenvalue weighted by molar-refractivity contribution is 5.78. The van der Waals surface area contributed by atoms with Crippen LogP contribution in [-0.2, 0) is 4.79 Å². The lowest BCUT2D eigenvalue weighted by Gasteiger charge is -2.34. The summed E-state index contributed by atoms with van der Waals surface area (Å²) in [6.45, 7) is 7.69. The van der Waals surface area contributed by atoms with Crippen LogP contribution in [0.15, 0.2) is 0 Å². The van der Waals surface area contributed by atoms with E-state index >= 15 is 0 Å². The van der Waals surface area contributed by atoms with Gasteiger partial charge in [0, 0.05) is 19.0 Å². The van der Waals surface area contributed by atoms with Crippen LogP contribution in [0.4, 0.5) is 0 Å². The van der Waals surface area contributed by atoms with E-state index in [9.17, 15) is 4.79 Å². The maximum Gasteiger partial charge on any atom is 0.133 e. The molecule has 0 aromatic rings. The minimum Gasteiger partial charge on any atom is -0.303 e. The monoisotopic (exact) mass is 309 g/mol. The van der Waals surface area contributed by atoms with Gasteiger partial charge in [-0.25, -0.2) is 5.01 Å². The standard InChI is InChI=1S/C18H35N3O/c1-16(22)18-10-5-4-9-17(18)15-21(19-2)14-8-13-20-11-6-3-7-12-20/h17-19H,3-15H2,1-2H3. The second kappa shape index (κ2) is 9.64. The van der Waals surface area contributed by atoms with Crippen LogP contribution in [0.1, 0.15) is 58.3 Å². The molecule has 2 unspecified atom stereocenters. The van der Waals surface area contributed by atoms with Gasteiger partial charge in [-0.2, -0.15) is 0 Å². The van der Waals surface area contributed by atoms with Gasteiger partial charge in [0.2, 0.25) is 0 Å². The zero-order valence-electron chi connectivity index (χ0n) is 14.6. The Morgan fingerprint density at radius 3 is 2.55 bits per heavy atom. The molecule has 1 aliphatic carbocycles. The van der Waals surface area contributed by atoms with Gasteiger partial charge in [0.25, 0.3) is 0 Å². The molecule has 2 atom stereocenters. The number of hydrogen-bond donors (Lipinski definition) is 1. The van der Waals surface area contributed by atoms with Crippen molar-refractivity contribution in [3.63, 3.8) is 0 Å². The average Bonchev–Trinajstić information content (AvgIpc) is 2.55. The molecule has 1 saturated carbocycles. The lowest BCUT2D eigenvalue weighted by atomic mass is 9.77. The molecule has 0 radical (unpaired) electrons. The summed E-state index contributed by atoms with van der Waals surface area (Å²) in [4.78, 5) is 14.5. The first-order valence-corrected chi connectivity index (χ1v) is 9.36. The summed E-state index contributed by atoms with van der Waals surface area (Å²) in [5, 5.41) is 2.34. The first-order valence-electron chi connectivity index (χ1n) is 9.36. The summed E-state index contributed by atoms with van der Waals surface area (Å²) >= 11 is 0. The fraction of sp³-hybridized carbons (Fsp3) is 0.944. The lowest BCUT2D eigenvalue weighted by Crippen LogP contribution is -2.44. The molecule has 2 aliphatic rings. The molecule has 4 nitrogen and oxygen atoms in total. The highest BCUT2D eigenvalue weighted by atomic mass is 16.1. The van der Waals surface area contributed by atoms with E-state index in [0.717, 1.165) is 19.5 Å². The van der Waals surface area contributed by atoms with Crippen LogP contribution in [0.2, 0.25) is 0 Å². The average molecular weight is 309 g/mol. The third-order valence-corrected chi connectivity index (χ3v) is 5.55. The van der Waals surface area contributed by atoms with E-state index < -0.39 is 0 Å². The first-order chi connectivity index (χ1) is 10.7.